The molecule has 88 valence electrons. The summed E-state index contributed by atoms with van der Waals surface area (Å²) in [7, 11) is 0. The summed E-state index contributed by atoms with van der Waals surface area (Å²) in [5, 5.41) is 3.47. The lowest BCUT2D eigenvalue weighted by atomic mass is 10.2. The second-order valence-electron chi connectivity index (χ2n) is 4.45. The molecule has 17 heavy (non-hydrogen) atoms. The van der Waals surface area contributed by atoms with Crippen molar-refractivity contribution < 1.29 is 0 Å². The number of aryl methyl sites for hydroxylation is 1. The molecular formula is C13H16N4. The summed E-state index contributed by atoms with van der Waals surface area (Å²) in [4.78, 5) is 8.86. The predicted octanol–water partition coefficient (Wildman–Crippen LogP) is 2.00. The Kier molecular flexibility index (Phi) is 2.65. The van der Waals surface area contributed by atoms with Crippen molar-refractivity contribution in [3.05, 3.63) is 36.5 Å². The molecule has 1 N–H and O–H groups in total. The molecular weight excluding hydrogens is 212 g/mol. The molecule has 1 aliphatic heterocycles. The monoisotopic (exact) mass is 228 g/mol. The molecule has 0 aliphatic carbocycles. The third kappa shape index (κ3) is 1.96. The molecule has 0 aromatic carbocycles. The summed E-state index contributed by atoms with van der Waals surface area (Å²) in [5.41, 5.74) is 2.10. The van der Waals surface area contributed by atoms with E-state index in [1.165, 1.54) is 0 Å². The standard InChI is InChI=1S/C13H16N4/c1-10-13-16-12(11-4-2-5-14-8-11)9-17(13)7-3-6-15-10/h2,4-5,8-10,15H,3,6-7H2,1H3. The average Bonchev–Trinajstić information content (AvgIpc) is 2.72. The van der Waals surface area contributed by atoms with Crippen LogP contribution in [0.3, 0.4) is 0 Å². The van der Waals surface area contributed by atoms with Gasteiger partial charge in [0.05, 0.1) is 11.7 Å². The fourth-order valence-corrected chi connectivity index (χ4v) is 2.27. The SMILES string of the molecule is CC1NCCCn2cc(-c3cccnc3)nc21. The second kappa shape index (κ2) is 4.30. The molecule has 1 aliphatic rings. The van der Waals surface area contributed by atoms with Crippen LogP contribution in [0.2, 0.25) is 0 Å². The van der Waals surface area contributed by atoms with E-state index >= 15 is 0 Å². The van der Waals surface area contributed by atoms with E-state index in [1.807, 2.05) is 18.3 Å². The molecule has 4 nitrogen and oxygen atoms in total. The summed E-state index contributed by atoms with van der Waals surface area (Å²) in [6, 6.07) is 4.32. The lowest BCUT2D eigenvalue weighted by molar-refractivity contribution is 0.571. The van der Waals surface area contributed by atoms with Gasteiger partial charge in [0.2, 0.25) is 0 Å². The number of fused-ring (bicyclic) bond motifs is 1. The number of hydrogen-bond acceptors (Lipinski definition) is 3. The first-order valence-electron chi connectivity index (χ1n) is 6.05. The highest BCUT2D eigenvalue weighted by Gasteiger charge is 2.17. The Balaban J connectivity index is 2.02. The summed E-state index contributed by atoms with van der Waals surface area (Å²) in [5.74, 6) is 1.13. The Morgan fingerprint density at radius 1 is 1.47 bits per heavy atom. The largest absolute Gasteiger partial charge is 0.333 e. The summed E-state index contributed by atoms with van der Waals surface area (Å²) < 4.78 is 2.26. The number of hydrogen-bond donors (Lipinski definition) is 1. The van der Waals surface area contributed by atoms with Gasteiger partial charge in [0.25, 0.3) is 0 Å². The van der Waals surface area contributed by atoms with Gasteiger partial charge in [0.1, 0.15) is 5.82 Å². The molecule has 0 saturated heterocycles. The third-order valence-electron chi connectivity index (χ3n) is 3.18. The van der Waals surface area contributed by atoms with Crippen LogP contribution in [-0.4, -0.2) is 21.1 Å². The normalized spacial score (nSPS) is 19.7. The maximum absolute atomic E-state index is 4.72. The van der Waals surface area contributed by atoms with Crippen molar-refractivity contribution in [3.63, 3.8) is 0 Å². The molecule has 0 bridgehead atoms. The first-order valence-corrected chi connectivity index (χ1v) is 6.05. The van der Waals surface area contributed by atoms with E-state index in [-0.39, 0.29) is 0 Å². The highest BCUT2D eigenvalue weighted by Crippen LogP contribution is 2.22. The van der Waals surface area contributed by atoms with Crippen LogP contribution < -0.4 is 5.32 Å². The van der Waals surface area contributed by atoms with Crippen LogP contribution in [0.4, 0.5) is 0 Å². The minimum absolute atomic E-state index is 0.322. The quantitative estimate of drug-likeness (QED) is 0.811. The zero-order valence-corrected chi connectivity index (χ0v) is 9.93. The van der Waals surface area contributed by atoms with E-state index < -0.39 is 0 Å². The van der Waals surface area contributed by atoms with Gasteiger partial charge < -0.3 is 9.88 Å². The fraction of sp³-hybridized carbons (Fsp3) is 0.385. The zero-order valence-electron chi connectivity index (χ0n) is 9.93. The Hall–Kier alpha value is -1.68. The van der Waals surface area contributed by atoms with Gasteiger partial charge in [-0.1, -0.05) is 0 Å². The number of nitrogens with zero attached hydrogens (tertiary/aromatic N) is 3. The molecule has 1 unspecified atom stereocenters. The van der Waals surface area contributed by atoms with Crippen LogP contribution in [0.5, 0.6) is 0 Å². The number of pyridine rings is 1. The van der Waals surface area contributed by atoms with Crippen LogP contribution in [-0.2, 0) is 6.54 Å². The maximum Gasteiger partial charge on any atom is 0.126 e. The minimum atomic E-state index is 0.322. The maximum atomic E-state index is 4.72. The van der Waals surface area contributed by atoms with Gasteiger partial charge in [0.15, 0.2) is 0 Å². The molecule has 3 heterocycles. The molecule has 0 saturated carbocycles. The van der Waals surface area contributed by atoms with E-state index in [2.05, 4.69) is 28.0 Å². The average molecular weight is 228 g/mol. The van der Waals surface area contributed by atoms with Gasteiger partial charge in [-0.05, 0) is 32.0 Å². The van der Waals surface area contributed by atoms with E-state index in [1.54, 1.807) is 6.20 Å². The molecule has 3 rings (SSSR count). The first-order chi connectivity index (χ1) is 8.34. The molecule has 0 amide bonds. The van der Waals surface area contributed by atoms with Crippen molar-refractivity contribution in [2.24, 2.45) is 0 Å². The van der Waals surface area contributed by atoms with Crippen LogP contribution in [0.1, 0.15) is 25.2 Å². The topological polar surface area (TPSA) is 42.7 Å². The van der Waals surface area contributed by atoms with Gasteiger partial charge in [0, 0.05) is 30.7 Å². The van der Waals surface area contributed by atoms with Crippen molar-refractivity contribution >= 4 is 0 Å². The summed E-state index contributed by atoms with van der Waals surface area (Å²) in [6.07, 6.45) is 6.94. The van der Waals surface area contributed by atoms with Crippen molar-refractivity contribution in [1.29, 1.82) is 0 Å². The molecule has 0 spiro atoms. The van der Waals surface area contributed by atoms with Gasteiger partial charge in [-0.15, -0.1) is 0 Å². The highest BCUT2D eigenvalue weighted by molar-refractivity contribution is 5.57. The predicted molar refractivity (Wildman–Crippen MR) is 66.5 cm³/mol. The van der Waals surface area contributed by atoms with E-state index in [9.17, 15) is 0 Å². The minimum Gasteiger partial charge on any atom is -0.333 e. The number of nitrogens with one attached hydrogen (secondary N) is 1. The lowest BCUT2D eigenvalue weighted by Crippen LogP contribution is -2.18. The lowest BCUT2D eigenvalue weighted by Gasteiger charge is -2.08. The number of aromatic nitrogens is 3. The third-order valence-corrected chi connectivity index (χ3v) is 3.18. The van der Waals surface area contributed by atoms with E-state index in [0.29, 0.717) is 6.04 Å². The van der Waals surface area contributed by atoms with E-state index in [0.717, 1.165) is 36.6 Å². The van der Waals surface area contributed by atoms with Gasteiger partial charge in [-0.3, -0.25) is 4.98 Å². The molecule has 2 aromatic rings. The van der Waals surface area contributed by atoms with Crippen molar-refractivity contribution in [3.8, 4) is 11.3 Å². The Bertz CT molecular complexity index is 503. The molecule has 0 radical (unpaired) electrons. The van der Waals surface area contributed by atoms with E-state index in [4.69, 9.17) is 4.98 Å². The molecule has 1 atom stereocenters. The summed E-state index contributed by atoms with van der Waals surface area (Å²) >= 11 is 0. The molecule has 0 fully saturated rings. The number of imidazole rings is 1. The van der Waals surface area contributed by atoms with Crippen molar-refractivity contribution in [2.75, 3.05) is 6.54 Å². The summed E-state index contributed by atoms with van der Waals surface area (Å²) in [6.45, 7) is 4.27. The van der Waals surface area contributed by atoms with Crippen molar-refractivity contribution in [2.45, 2.75) is 25.9 Å². The van der Waals surface area contributed by atoms with Crippen LogP contribution in [0.15, 0.2) is 30.7 Å². The van der Waals surface area contributed by atoms with Gasteiger partial charge in [-0.25, -0.2) is 4.98 Å². The van der Waals surface area contributed by atoms with Crippen molar-refractivity contribution in [1.82, 2.24) is 19.9 Å². The first kappa shape index (κ1) is 10.5. The number of rotatable bonds is 1. The smallest absolute Gasteiger partial charge is 0.126 e. The zero-order chi connectivity index (χ0) is 11.7. The molecule has 4 heteroatoms. The molecule has 2 aromatic heterocycles. The van der Waals surface area contributed by atoms with Gasteiger partial charge >= 0.3 is 0 Å². The second-order valence-corrected chi connectivity index (χ2v) is 4.45. The van der Waals surface area contributed by atoms with Crippen LogP contribution in [0, 0.1) is 0 Å². The van der Waals surface area contributed by atoms with Gasteiger partial charge in [-0.2, -0.15) is 0 Å². The highest BCUT2D eigenvalue weighted by atomic mass is 15.1. The Labute approximate surface area is 101 Å². The Morgan fingerprint density at radius 3 is 3.24 bits per heavy atom. The fourth-order valence-electron chi connectivity index (χ4n) is 2.27. The van der Waals surface area contributed by atoms with Crippen LogP contribution >= 0.6 is 0 Å². The van der Waals surface area contributed by atoms with Crippen LogP contribution in [0.25, 0.3) is 11.3 Å². The Morgan fingerprint density at radius 2 is 2.41 bits per heavy atom.